The highest BCUT2D eigenvalue weighted by Crippen LogP contribution is 2.33. The molecule has 5 rings (SSSR count). The van der Waals surface area contributed by atoms with E-state index >= 15 is 0 Å². The van der Waals surface area contributed by atoms with Gasteiger partial charge in [0, 0.05) is 30.1 Å². The second kappa shape index (κ2) is 11.5. The predicted molar refractivity (Wildman–Crippen MR) is 140 cm³/mol. The minimum absolute atomic E-state index is 0.100. The van der Waals surface area contributed by atoms with Gasteiger partial charge in [0.25, 0.3) is 23.0 Å². The Kier molecular flexibility index (Phi) is 8.06. The molecule has 1 amide bonds. The molecule has 3 aromatic rings. The molecule has 41 heavy (non-hydrogen) atoms. The van der Waals surface area contributed by atoms with Crippen LogP contribution in [-0.2, 0) is 32.0 Å². The molecule has 10 nitrogen and oxygen atoms in total. The van der Waals surface area contributed by atoms with Gasteiger partial charge >= 0.3 is 0 Å². The molecule has 0 saturated heterocycles. The first-order valence-corrected chi connectivity index (χ1v) is 14.5. The lowest BCUT2D eigenvalue weighted by molar-refractivity contribution is -0.129. The number of carbonyl (C=O) groups is 1. The summed E-state index contributed by atoms with van der Waals surface area (Å²) in [6.45, 7) is -0.529. The zero-order valence-corrected chi connectivity index (χ0v) is 22.5. The highest BCUT2D eigenvalue weighted by Gasteiger charge is 2.29. The number of hydrogen-bond acceptors (Lipinski definition) is 8. The van der Waals surface area contributed by atoms with Crippen molar-refractivity contribution in [1.82, 2.24) is 19.7 Å². The highest BCUT2D eigenvalue weighted by molar-refractivity contribution is 7.85. The Labute approximate surface area is 235 Å². The summed E-state index contributed by atoms with van der Waals surface area (Å²) < 4.78 is 84.9. The first kappa shape index (κ1) is 28.6. The molecule has 0 saturated carbocycles. The van der Waals surface area contributed by atoms with E-state index in [2.05, 4.69) is 15.2 Å². The molecule has 1 unspecified atom stereocenters. The quantitative estimate of drug-likeness (QED) is 0.269. The fourth-order valence-electron chi connectivity index (χ4n) is 4.33. The molecular weight excluding hydrogens is 590 g/mol. The Morgan fingerprint density at radius 2 is 1.98 bits per heavy atom. The van der Waals surface area contributed by atoms with Crippen molar-refractivity contribution < 1.29 is 40.2 Å². The maximum atomic E-state index is 13.2. The molecule has 0 spiro atoms. The Balaban J connectivity index is 1.22. The van der Waals surface area contributed by atoms with Crippen LogP contribution in [0.25, 0.3) is 5.57 Å². The van der Waals surface area contributed by atoms with Crippen molar-refractivity contribution in [3.8, 4) is 0 Å². The summed E-state index contributed by atoms with van der Waals surface area (Å²) in [4.78, 5) is 24.0. The Morgan fingerprint density at radius 3 is 2.66 bits per heavy atom. The zero-order chi connectivity index (χ0) is 29.3. The van der Waals surface area contributed by atoms with Crippen molar-refractivity contribution in [2.45, 2.75) is 37.7 Å². The summed E-state index contributed by atoms with van der Waals surface area (Å²) in [6, 6.07) is 7.28. The molecule has 1 atom stereocenters. The van der Waals surface area contributed by atoms with Gasteiger partial charge in [-0.2, -0.15) is 13.5 Å². The number of nitrogens with zero attached hydrogens (tertiary/aromatic N) is 5. The van der Waals surface area contributed by atoms with Gasteiger partial charge in [-0.25, -0.2) is 22.5 Å². The molecule has 216 valence electrons. The van der Waals surface area contributed by atoms with Gasteiger partial charge < -0.3 is 9.74 Å². The van der Waals surface area contributed by atoms with Gasteiger partial charge in [0.2, 0.25) is 5.91 Å². The molecule has 2 aromatic heterocycles. The van der Waals surface area contributed by atoms with Crippen molar-refractivity contribution in [2.24, 2.45) is 5.16 Å². The number of rotatable bonds is 9. The number of allylic oxidation sites excluding steroid dienone is 2. The number of alkyl halides is 4. The molecule has 2 aliphatic rings. The monoisotopic (exact) mass is 611 g/mol. The standard InChI is InChI=1S/C25H21F4N5O5S2/c26-23(27)18-9-20(24(28)29)34(31-18)11-22(35)33-7-5-14(6-8-33)25-30-19(12-40-25)17-10-21(39-32-17)16-4-2-1-3-15(16)13-41(36,37)38/h1-7,9,12,21,23-24H,8,10-11,13H2,(H,36,37,38). The molecule has 2 aliphatic heterocycles. The van der Waals surface area contributed by atoms with Crippen LogP contribution in [0.2, 0.25) is 0 Å². The van der Waals surface area contributed by atoms with E-state index in [9.17, 15) is 35.3 Å². The summed E-state index contributed by atoms with van der Waals surface area (Å²) in [5.74, 6) is -1.16. The highest BCUT2D eigenvalue weighted by atomic mass is 32.2. The van der Waals surface area contributed by atoms with Crippen LogP contribution in [0.5, 0.6) is 0 Å². The predicted octanol–water partition coefficient (Wildman–Crippen LogP) is 4.91. The average molecular weight is 612 g/mol. The summed E-state index contributed by atoms with van der Waals surface area (Å²) in [7, 11) is -4.24. The lowest BCUT2D eigenvalue weighted by Crippen LogP contribution is -2.31. The molecular formula is C25H21F4N5O5S2. The van der Waals surface area contributed by atoms with Gasteiger partial charge in [-0.15, -0.1) is 11.3 Å². The van der Waals surface area contributed by atoms with Gasteiger partial charge in [-0.05, 0) is 23.3 Å². The summed E-state index contributed by atoms with van der Waals surface area (Å²) in [5.41, 5.74) is 1.21. The van der Waals surface area contributed by atoms with Crippen LogP contribution in [0, 0.1) is 0 Å². The average Bonchev–Trinajstić information content (AvgIpc) is 3.68. The third-order valence-corrected chi connectivity index (χ3v) is 7.85. The topological polar surface area (TPSA) is 127 Å². The van der Waals surface area contributed by atoms with Crippen LogP contribution >= 0.6 is 11.3 Å². The first-order valence-electron chi connectivity index (χ1n) is 12.0. The number of amides is 1. The first-order chi connectivity index (χ1) is 19.5. The lowest BCUT2D eigenvalue weighted by atomic mass is 9.99. The maximum absolute atomic E-state index is 13.2. The Morgan fingerprint density at radius 1 is 1.20 bits per heavy atom. The molecule has 1 aromatic carbocycles. The second-order valence-corrected chi connectivity index (χ2v) is 11.4. The minimum Gasteiger partial charge on any atom is -0.387 e. The largest absolute Gasteiger partial charge is 0.387 e. The number of aromatic nitrogens is 3. The fraction of sp³-hybridized carbons (Fsp3) is 0.280. The molecule has 4 heterocycles. The van der Waals surface area contributed by atoms with Crippen LogP contribution in [0.4, 0.5) is 17.6 Å². The normalized spacial score (nSPS) is 17.2. The second-order valence-electron chi connectivity index (χ2n) is 9.07. The van der Waals surface area contributed by atoms with Crippen molar-refractivity contribution in [3.05, 3.63) is 87.3 Å². The number of carbonyl (C=O) groups excluding carboxylic acids is 1. The van der Waals surface area contributed by atoms with Gasteiger partial charge in [-0.3, -0.25) is 14.0 Å². The molecule has 0 bridgehead atoms. The molecule has 0 aliphatic carbocycles. The number of halogens is 4. The SMILES string of the molecule is O=C(Cn1nc(C(F)F)cc1C(F)F)N1C=CC(c2nc(C3=NOC(c4ccccc4CS(=O)(=O)O)C3)cs2)=CC1. The van der Waals surface area contributed by atoms with Crippen LogP contribution in [0.3, 0.4) is 0 Å². The molecule has 0 radical (unpaired) electrons. The van der Waals surface area contributed by atoms with Gasteiger partial charge in [-0.1, -0.05) is 35.5 Å². The van der Waals surface area contributed by atoms with Crippen LogP contribution in [-0.4, -0.2) is 50.8 Å². The fourth-order valence-corrected chi connectivity index (χ4v) is 5.84. The van der Waals surface area contributed by atoms with E-state index in [4.69, 9.17) is 4.84 Å². The number of hydrogen-bond donors (Lipinski definition) is 1. The van der Waals surface area contributed by atoms with Gasteiger partial charge in [0.1, 0.15) is 34.4 Å². The smallest absolute Gasteiger partial charge is 0.282 e. The van der Waals surface area contributed by atoms with Crippen LogP contribution < -0.4 is 0 Å². The van der Waals surface area contributed by atoms with E-state index < -0.39 is 58.7 Å². The summed E-state index contributed by atoms with van der Waals surface area (Å²) in [5, 5.41) is 9.96. The van der Waals surface area contributed by atoms with E-state index in [1.807, 2.05) is 0 Å². The third-order valence-electron chi connectivity index (χ3n) is 6.28. The van der Waals surface area contributed by atoms with E-state index in [0.717, 1.165) is 0 Å². The number of thiazole rings is 1. The van der Waals surface area contributed by atoms with Crippen molar-refractivity contribution in [3.63, 3.8) is 0 Å². The van der Waals surface area contributed by atoms with Gasteiger partial charge in [0.05, 0.1) is 5.69 Å². The maximum Gasteiger partial charge on any atom is 0.282 e. The molecule has 0 fully saturated rings. The van der Waals surface area contributed by atoms with Crippen LogP contribution in [0.15, 0.2) is 59.2 Å². The number of benzene rings is 1. The van der Waals surface area contributed by atoms with Crippen molar-refractivity contribution in [1.29, 1.82) is 0 Å². The molecule has 16 heteroatoms. The van der Waals surface area contributed by atoms with Gasteiger partial charge in [0.15, 0.2) is 6.10 Å². The summed E-state index contributed by atoms with van der Waals surface area (Å²) in [6.07, 6.45) is -1.56. The Hall–Kier alpha value is -3.89. The van der Waals surface area contributed by atoms with E-state index in [1.165, 1.54) is 22.4 Å². The van der Waals surface area contributed by atoms with Crippen molar-refractivity contribution >= 4 is 38.6 Å². The number of oxime groups is 1. The summed E-state index contributed by atoms with van der Waals surface area (Å²) >= 11 is 1.32. The Bertz CT molecular complexity index is 1670. The van der Waals surface area contributed by atoms with E-state index in [1.54, 1.807) is 41.8 Å². The van der Waals surface area contributed by atoms with E-state index in [-0.39, 0.29) is 6.54 Å². The minimum atomic E-state index is -4.24. The third kappa shape index (κ3) is 6.55. The van der Waals surface area contributed by atoms with Crippen LogP contribution in [0.1, 0.15) is 58.6 Å². The zero-order valence-electron chi connectivity index (χ0n) is 20.9. The lowest BCUT2D eigenvalue weighted by Gasteiger charge is -2.20. The molecule has 1 N–H and O–H groups in total. The van der Waals surface area contributed by atoms with E-state index in [0.29, 0.717) is 50.3 Å². The van der Waals surface area contributed by atoms with Crippen molar-refractivity contribution in [2.75, 3.05) is 6.54 Å².